The molecule has 8 heterocycles. The lowest BCUT2D eigenvalue weighted by atomic mass is 9.80. The van der Waals surface area contributed by atoms with E-state index in [1.165, 1.54) is 27.9 Å². The van der Waals surface area contributed by atoms with Gasteiger partial charge in [0.1, 0.15) is 100 Å². The van der Waals surface area contributed by atoms with Crippen LogP contribution < -0.4 is 0 Å². The summed E-state index contributed by atoms with van der Waals surface area (Å²) in [6.07, 6.45) is -13.9. The predicted octanol–water partition coefficient (Wildman–Crippen LogP) is -2.31. The molecule has 0 bridgehead atoms. The van der Waals surface area contributed by atoms with E-state index in [1.807, 2.05) is 22.1 Å². The van der Waals surface area contributed by atoms with Gasteiger partial charge in [-0.2, -0.15) is 0 Å². The Bertz CT molecular complexity index is 2430. The molecule has 34 heteroatoms. The van der Waals surface area contributed by atoms with Gasteiger partial charge in [-0.15, -0.1) is 0 Å². The van der Waals surface area contributed by atoms with Gasteiger partial charge < -0.3 is 93.1 Å². The van der Waals surface area contributed by atoms with Crippen LogP contribution in [0, 0.1) is 56.5 Å². The number of fused-ring (bicyclic) bond motifs is 3. The minimum atomic E-state index is -4.26. The number of phosphoric acid groups is 1. The van der Waals surface area contributed by atoms with Crippen LogP contribution in [-0.4, -0.2) is 254 Å². The highest BCUT2D eigenvalue weighted by Crippen LogP contribution is 2.61. The monoisotopic (exact) mass is 1230 g/mol. The number of aliphatic hydroxyl groups is 8. The number of hydrogen-bond donors (Lipinski definition) is 9. The van der Waals surface area contributed by atoms with Crippen LogP contribution in [0.5, 0.6) is 0 Å². The van der Waals surface area contributed by atoms with Gasteiger partial charge in [-0.05, 0) is 136 Å². The first-order valence-electron chi connectivity index (χ1n) is 23.4. The molecule has 9 N–H and O–H groups in total. The molecule has 8 aliphatic rings. The van der Waals surface area contributed by atoms with E-state index in [0.29, 0.717) is 0 Å². The molecule has 0 aromatic rings. The van der Waals surface area contributed by atoms with Crippen molar-refractivity contribution in [1.82, 2.24) is 0 Å². The van der Waals surface area contributed by atoms with Crippen molar-refractivity contribution >= 4 is 105 Å². The molecule has 0 aromatic heterocycles. The maximum Gasteiger partial charge on any atom is 0.474 e. The molecule has 0 aromatic carbocycles. The standard InChI is InChI=1S/C11H14BClO4.C10H12BClO5.C8H9BClFO3.C8H9BClO6P.C8H10BClO4/c1-6(14)7-8-11(4-5-13,9(12)15-7)17-10(2,3)16-8;1-5(13)6-7-10(3-4-12,8(11)15-6)17-9(14-2)16-7;1-4(12)5-6(13)8(11,2-3-10)7(9)14-5;1-4(11)5-6-8(2-3-10,7(9)14-5)16-17(12,13)15-6;1-4(11)5-6(12)8(13,2-3-10)7(9)14-5/h6-9,14H,1-3H3;5-9,13H,1-2H3;4-7,12-13H,1H3;4-7,11H,1H3,(H,12,13);4-7,11-13H,1H3/t6?,7-,8?,9-,11-;5?,6-,7?,8-,9?,10-;3*4?,5-,6?,7-,8-/m11111/s1. The number of aliphatic hydroxyl groups excluding tert-OH is 7. The van der Waals surface area contributed by atoms with Gasteiger partial charge in [-0.3, -0.25) is 9.05 Å². The molecule has 428 valence electrons. The van der Waals surface area contributed by atoms with Gasteiger partial charge in [0.15, 0.2) is 28.2 Å². The molecule has 8 aliphatic heterocycles. The molecule has 0 aliphatic carbocycles. The molecule has 79 heavy (non-hydrogen) atoms. The van der Waals surface area contributed by atoms with Gasteiger partial charge in [-0.25, -0.2) is 8.96 Å². The summed E-state index contributed by atoms with van der Waals surface area (Å²) >= 11 is 26.3. The first-order chi connectivity index (χ1) is 36.6. The smallest absolute Gasteiger partial charge is 0.391 e. The highest BCUT2D eigenvalue weighted by atomic mass is 35.5. The van der Waals surface area contributed by atoms with Crippen LogP contribution >= 0.6 is 65.8 Å². The van der Waals surface area contributed by atoms with Crippen molar-refractivity contribution in [2.24, 2.45) is 0 Å². The average Bonchev–Trinajstić information content (AvgIpc) is 4.24. The summed E-state index contributed by atoms with van der Waals surface area (Å²) in [4.78, 5) is 9.32. The number of ether oxygens (including phenoxy) is 10. The Labute approximate surface area is 487 Å². The Morgan fingerprint density at radius 1 is 0.544 bits per heavy atom. The van der Waals surface area contributed by atoms with E-state index in [2.05, 4.69) is 34.4 Å². The molecule has 27 atom stereocenters. The first kappa shape index (κ1) is 70.4. The van der Waals surface area contributed by atoms with Gasteiger partial charge >= 0.3 is 7.82 Å². The van der Waals surface area contributed by atoms with Crippen molar-refractivity contribution in [3.8, 4) is 56.5 Å². The third kappa shape index (κ3) is 14.6. The summed E-state index contributed by atoms with van der Waals surface area (Å²) in [5.74, 6) is 11.0. The zero-order valence-corrected chi connectivity index (χ0v) is 47.7. The fourth-order valence-corrected chi connectivity index (χ4v) is 11.1. The van der Waals surface area contributed by atoms with Crippen molar-refractivity contribution in [2.45, 2.75) is 210 Å². The third-order valence-corrected chi connectivity index (χ3v) is 14.5. The number of hydrogen-bond acceptors (Lipinski definition) is 21. The molecule has 0 spiro atoms. The minimum absolute atomic E-state index is 0.557. The summed E-state index contributed by atoms with van der Waals surface area (Å²) in [5.41, 5.74) is -8.31. The summed E-state index contributed by atoms with van der Waals surface area (Å²) in [6.45, 7) is 10.0. The van der Waals surface area contributed by atoms with Crippen LogP contribution in [0.25, 0.3) is 0 Å². The van der Waals surface area contributed by atoms with Crippen molar-refractivity contribution in [3.63, 3.8) is 0 Å². The zero-order chi connectivity index (χ0) is 60.2. The van der Waals surface area contributed by atoms with E-state index in [-0.39, 0.29) is 0 Å². The second-order valence-electron chi connectivity index (χ2n) is 19.1. The minimum Gasteiger partial charge on any atom is -0.391 e. The fourth-order valence-electron chi connectivity index (χ4n) is 9.11. The average molecular weight is 1230 g/mol. The van der Waals surface area contributed by atoms with E-state index in [0.717, 1.165) is 0 Å². The molecular weight excluding hydrogens is 1170 g/mol. The number of halogens is 6. The Hall–Kier alpha value is -1.11. The number of phosphoric ester groups is 1. The van der Waals surface area contributed by atoms with E-state index < -0.39 is 170 Å². The maximum atomic E-state index is 13.8. The molecule has 12 unspecified atom stereocenters. The summed E-state index contributed by atoms with van der Waals surface area (Å²) in [7, 11) is 25.2. The van der Waals surface area contributed by atoms with Crippen molar-refractivity contribution in [3.05, 3.63) is 0 Å². The highest BCUT2D eigenvalue weighted by Gasteiger charge is 2.68. The molecule has 8 fully saturated rings. The molecule has 8 rings (SSSR count). The van der Waals surface area contributed by atoms with E-state index in [9.17, 15) is 49.6 Å². The van der Waals surface area contributed by atoms with Crippen LogP contribution in [0.1, 0.15) is 48.5 Å². The van der Waals surface area contributed by atoms with Crippen LogP contribution in [0.3, 0.4) is 0 Å². The summed E-state index contributed by atoms with van der Waals surface area (Å²) in [5, 5.41) is 86.3. The lowest BCUT2D eigenvalue weighted by molar-refractivity contribution is -0.255. The largest absolute Gasteiger partial charge is 0.474 e. The SMILES string of the molecule is [B][C@@H]1O[C@H](C(C)O)C(O)[C@]1(F)C#CCl.[B][C@@H]1O[C@H](C(C)O)C(O)[C@]1(O)C#CCl.[B][C@@H]1O[C@H](C(C)O)C2OC(C)(C)O[C@]21C#CCl.[B][C@@H]1O[C@H](C(C)O)C2OC(OC)O[C@]21C#CCl.[B][C@@H]1O[C@H](C(C)O)C2OP(=O)(O)O[C@]21C#CCl. The normalized spacial score (nSPS) is 46.1. The second kappa shape index (κ2) is 27.9. The van der Waals surface area contributed by atoms with Crippen molar-refractivity contribution in [2.75, 3.05) is 7.11 Å². The van der Waals surface area contributed by atoms with Gasteiger partial charge in [-0.1, -0.05) is 0 Å². The van der Waals surface area contributed by atoms with Crippen molar-refractivity contribution < 1.29 is 111 Å². The number of methoxy groups -OCH3 is 1. The predicted molar refractivity (Wildman–Crippen MR) is 280 cm³/mol. The Morgan fingerprint density at radius 2 is 0.937 bits per heavy atom. The first-order valence-corrected chi connectivity index (χ1v) is 26.8. The quantitative estimate of drug-likeness (QED) is 0.0767. The van der Waals surface area contributed by atoms with Crippen molar-refractivity contribution in [1.29, 1.82) is 0 Å². The Kier molecular flexibility index (Phi) is 24.9. The van der Waals surface area contributed by atoms with Gasteiger partial charge in [0.25, 0.3) is 6.48 Å². The molecule has 0 amide bonds. The fraction of sp³-hybridized carbons (Fsp3) is 0.778. The van der Waals surface area contributed by atoms with Gasteiger partial charge in [0, 0.05) is 34.0 Å². The van der Waals surface area contributed by atoms with Crippen LogP contribution in [0.2, 0.25) is 0 Å². The van der Waals surface area contributed by atoms with Crippen LogP contribution in [-0.2, 0) is 61.0 Å². The van der Waals surface area contributed by atoms with Crippen LogP contribution in [0.15, 0.2) is 0 Å². The van der Waals surface area contributed by atoms with E-state index >= 15 is 0 Å². The highest BCUT2D eigenvalue weighted by molar-refractivity contribution is 7.47. The zero-order valence-electron chi connectivity index (χ0n) is 43.1. The lowest BCUT2D eigenvalue weighted by Gasteiger charge is -2.26. The molecular formula is C45H54B5Cl5FO22P. The molecule has 0 saturated carbocycles. The maximum absolute atomic E-state index is 13.8. The Morgan fingerprint density at radius 3 is 1.38 bits per heavy atom. The Balaban J connectivity index is 0.000000213. The molecule has 22 nitrogen and oxygen atoms in total. The lowest BCUT2D eigenvalue weighted by Crippen LogP contribution is -2.48. The summed E-state index contributed by atoms with van der Waals surface area (Å²) in [6, 6.07) is -5.41. The second-order valence-corrected chi connectivity index (χ2v) is 21.4. The van der Waals surface area contributed by atoms with E-state index in [4.69, 9.17) is 159 Å². The summed E-state index contributed by atoms with van der Waals surface area (Å²) < 4.78 is 88.2. The van der Waals surface area contributed by atoms with E-state index in [1.54, 1.807) is 27.7 Å². The van der Waals surface area contributed by atoms with Gasteiger partial charge in [0.05, 0.1) is 60.5 Å². The number of rotatable bonds is 6. The molecule has 10 radical (unpaired) electrons. The third-order valence-electron chi connectivity index (χ3n) is 13.0. The topological polar surface area (TPSA) is 310 Å². The van der Waals surface area contributed by atoms with Crippen LogP contribution in [0.4, 0.5) is 4.39 Å². The molecule has 8 saturated heterocycles. The number of alkyl halides is 1. The van der Waals surface area contributed by atoms with Gasteiger partial charge in [0.2, 0.25) is 5.67 Å².